The molecule has 2 atom stereocenters. The molecular weight excluding hydrogens is 360 g/mol. The minimum atomic E-state index is -0.270. The van der Waals surface area contributed by atoms with Crippen molar-refractivity contribution >= 4 is 11.8 Å². The van der Waals surface area contributed by atoms with Crippen molar-refractivity contribution in [1.82, 2.24) is 10.2 Å². The van der Waals surface area contributed by atoms with Crippen molar-refractivity contribution in [3.05, 3.63) is 34.9 Å². The summed E-state index contributed by atoms with van der Waals surface area (Å²) in [5.41, 5.74) is 4.02. The normalized spacial score (nSPS) is 35.2. The van der Waals surface area contributed by atoms with Crippen LogP contribution in [0.1, 0.15) is 68.1 Å². The molecular formula is C25H34N2O2. The summed E-state index contributed by atoms with van der Waals surface area (Å²) in [4.78, 5) is 27.8. The molecule has 5 fully saturated rings. The third kappa shape index (κ3) is 3.19. The monoisotopic (exact) mass is 394 g/mol. The number of carbonyl (C=O) groups is 2. The minimum Gasteiger partial charge on any atom is -0.347 e. The number of carbonyl (C=O) groups excluding carboxylic acids is 2. The van der Waals surface area contributed by atoms with E-state index in [-0.39, 0.29) is 29.2 Å². The number of hydrogen-bond acceptors (Lipinski definition) is 2. The Hall–Kier alpha value is -1.84. The van der Waals surface area contributed by atoms with Gasteiger partial charge in [0, 0.05) is 13.1 Å². The lowest BCUT2D eigenvalue weighted by molar-refractivity contribution is -0.150. The molecule has 1 aliphatic heterocycles. The minimum absolute atomic E-state index is 0.0875. The van der Waals surface area contributed by atoms with Crippen LogP contribution in [0.15, 0.2) is 18.2 Å². The molecule has 156 valence electrons. The summed E-state index contributed by atoms with van der Waals surface area (Å²) < 4.78 is 0. The molecule has 4 saturated carbocycles. The van der Waals surface area contributed by atoms with E-state index in [2.05, 4.69) is 37.4 Å². The number of amides is 2. The van der Waals surface area contributed by atoms with Crippen molar-refractivity contribution < 1.29 is 9.59 Å². The van der Waals surface area contributed by atoms with Crippen LogP contribution in [0.2, 0.25) is 0 Å². The standard InChI is InChI=1S/C25H34N2O2/c1-17-5-6-21(9-18(17)2)24-11-19-10-20(12-24)14-25(13-19,16-24)23(29)26-15-22(28)27-7-3-4-8-27/h5-6,9,19-20H,3-4,7-8,10-16H2,1-2H3,(H,26,29). The fourth-order valence-corrected chi connectivity index (χ4v) is 7.36. The molecule has 1 heterocycles. The van der Waals surface area contributed by atoms with Crippen LogP contribution in [-0.4, -0.2) is 36.3 Å². The summed E-state index contributed by atoms with van der Waals surface area (Å²) in [5, 5.41) is 3.08. The predicted molar refractivity (Wildman–Crippen MR) is 114 cm³/mol. The zero-order valence-corrected chi connectivity index (χ0v) is 17.9. The van der Waals surface area contributed by atoms with Gasteiger partial charge in [0.15, 0.2) is 0 Å². The molecule has 2 unspecified atom stereocenters. The van der Waals surface area contributed by atoms with Crippen LogP contribution < -0.4 is 5.32 Å². The lowest BCUT2D eigenvalue weighted by Crippen LogP contribution is -2.59. The first-order chi connectivity index (χ1) is 13.9. The molecule has 0 radical (unpaired) electrons. The van der Waals surface area contributed by atoms with Crippen LogP contribution in [0.5, 0.6) is 0 Å². The number of nitrogens with one attached hydrogen (secondary N) is 1. The molecule has 4 bridgehead atoms. The Morgan fingerprint density at radius 2 is 1.72 bits per heavy atom. The largest absolute Gasteiger partial charge is 0.347 e. The van der Waals surface area contributed by atoms with Gasteiger partial charge in [-0.05, 0) is 99.2 Å². The maximum absolute atomic E-state index is 13.4. The number of hydrogen-bond donors (Lipinski definition) is 1. The molecule has 1 aromatic carbocycles. The quantitative estimate of drug-likeness (QED) is 0.842. The fourth-order valence-electron chi connectivity index (χ4n) is 7.36. The lowest BCUT2D eigenvalue weighted by atomic mass is 9.42. The Kier molecular flexibility index (Phi) is 4.52. The van der Waals surface area contributed by atoms with Crippen molar-refractivity contribution in [1.29, 1.82) is 0 Å². The van der Waals surface area contributed by atoms with E-state index < -0.39 is 0 Å². The molecule has 0 spiro atoms. The molecule has 1 saturated heterocycles. The van der Waals surface area contributed by atoms with E-state index in [9.17, 15) is 9.59 Å². The van der Waals surface area contributed by atoms with Crippen molar-refractivity contribution in [3.63, 3.8) is 0 Å². The number of benzene rings is 1. The molecule has 2 amide bonds. The molecule has 1 aromatic rings. The zero-order chi connectivity index (χ0) is 20.2. The Morgan fingerprint density at radius 1 is 1.03 bits per heavy atom. The van der Waals surface area contributed by atoms with Crippen LogP contribution in [0.4, 0.5) is 0 Å². The third-order valence-corrected chi connectivity index (χ3v) is 8.52. The second kappa shape index (κ2) is 6.85. The van der Waals surface area contributed by atoms with Gasteiger partial charge in [0.25, 0.3) is 0 Å². The third-order valence-electron chi connectivity index (χ3n) is 8.52. The Labute approximate surface area is 174 Å². The van der Waals surface area contributed by atoms with E-state index in [1.807, 2.05) is 4.90 Å². The van der Waals surface area contributed by atoms with Gasteiger partial charge in [-0.15, -0.1) is 0 Å². The Morgan fingerprint density at radius 3 is 2.38 bits per heavy atom. The first-order valence-electron chi connectivity index (χ1n) is 11.5. The highest BCUT2D eigenvalue weighted by molar-refractivity contribution is 5.88. The van der Waals surface area contributed by atoms with Gasteiger partial charge in [-0.3, -0.25) is 9.59 Å². The molecule has 5 aliphatic rings. The molecule has 4 aliphatic carbocycles. The number of rotatable bonds is 4. The average Bonchev–Trinajstić information content (AvgIpc) is 3.22. The molecule has 4 nitrogen and oxygen atoms in total. The van der Waals surface area contributed by atoms with Gasteiger partial charge < -0.3 is 10.2 Å². The van der Waals surface area contributed by atoms with Crippen LogP contribution in [0.25, 0.3) is 0 Å². The second-order valence-corrected chi connectivity index (χ2v) is 10.6. The van der Waals surface area contributed by atoms with Crippen LogP contribution in [0.3, 0.4) is 0 Å². The van der Waals surface area contributed by atoms with Gasteiger partial charge in [0.2, 0.25) is 11.8 Å². The van der Waals surface area contributed by atoms with Gasteiger partial charge in [-0.25, -0.2) is 0 Å². The first kappa shape index (κ1) is 19.1. The topological polar surface area (TPSA) is 49.4 Å². The van der Waals surface area contributed by atoms with Gasteiger partial charge in [0.1, 0.15) is 0 Å². The highest BCUT2D eigenvalue weighted by Crippen LogP contribution is 2.65. The van der Waals surface area contributed by atoms with Gasteiger partial charge in [-0.2, -0.15) is 0 Å². The highest BCUT2D eigenvalue weighted by Gasteiger charge is 2.60. The average molecular weight is 395 g/mol. The van der Waals surface area contributed by atoms with E-state index >= 15 is 0 Å². The molecule has 29 heavy (non-hydrogen) atoms. The van der Waals surface area contributed by atoms with E-state index in [0.29, 0.717) is 11.8 Å². The maximum Gasteiger partial charge on any atom is 0.241 e. The number of nitrogens with zero attached hydrogens (tertiary/aromatic N) is 1. The summed E-state index contributed by atoms with van der Waals surface area (Å²) >= 11 is 0. The van der Waals surface area contributed by atoms with E-state index in [4.69, 9.17) is 0 Å². The maximum atomic E-state index is 13.4. The SMILES string of the molecule is Cc1ccc(C23CC4CC(CC(C(=O)NCC(=O)N5CCCC5)(C4)C2)C3)cc1C. The molecule has 4 heteroatoms. The summed E-state index contributed by atoms with van der Waals surface area (Å²) in [7, 11) is 0. The van der Waals surface area contributed by atoms with E-state index in [1.165, 1.54) is 36.0 Å². The molecule has 1 N–H and O–H groups in total. The summed E-state index contributed by atoms with van der Waals surface area (Å²) in [6.07, 6.45) is 8.91. The van der Waals surface area contributed by atoms with Crippen molar-refractivity contribution in [3.8, 4) is 0 Å². The van der Waals surface area contributed by atoms with Gasteiger partial charge in [-0.1, -0.05) is 18.2 Å². The number of likely N-dealkylation sites (tertiary alicyclic amines) is 1. The Bertz CT molecular complexity index is 825. The first-order valence-corrected chi connectivity index (χ1v) is 11.5. The zero-order valence-electron chi connectivity index (χ0n) is 17.9. The lowest BCUT2D eigenvalue weighted by Gasteiger charge is -2.61. The van der Waals surface area contributed by atoms with Crippen LogP contribution >= 0.6 is 0 Å². The van der Waals surface area contributed by atoms with Gasteiger partial charge >= 0.3 is 0 Å². The molecule has 6 rings (SSSR count). The van der Waals surface area contributed by atoms with Crippen LogP contribution in [-0.2, 0) is 15.0 Å². The summed E-state index contributed by atoms with van der Waals surface area (Å²) in [6, 6.07) is 6.95. The second-order valence-electron chi connectivity index (χ2n) is 10.6. The fraction of sp³-hybridized carbons (Fsp3) is 0.680. The summed E-state index contributed by atoms with van der Waals surface area (Å²) in [6.45, 7) is 6.24. The van der Waals surface area contributed by atoms with Crippen molar-refractivity contribution in [2.75, 3.05) is 19.6 Å². The van der Waals surface area contributed by atoms with Crippen molar-refractivity contribution in [2.24, 2.45) is 17.3 Å². The smallest absolute Gasteiger partial charge is 0.241 e. The highest BCUT2D eigenvalue weighted by atomic mass is 16.2. The van der Waals surface area contributed by atoms with E-state index in [1.54, 1.807) is 0 Å². The van der Waals surface area contributed by atoms with Crippen molar-refractivity contribution in [2.45, 2.75) is 70.6 Å². The van der Waals surface area contributed by atoms with E-state index in [0.717, 1.165) is 45.2 Å². The number of aryl methyl sites for hydroxylation is 2. The predicted octanol–water partition coefficient (Wildman–Crippen LogP) is 3.88. The molecule has 0 aromatic heterocycles. The Balaban J connectivity index is 1.36. The van der Waals surface area contributed by atoms with Crippen LogP contribution in [0, 0.1) is 31.1 Å². The summed E-state index contributed by atoms with van der Waals surface area (Å²) in [5.74, 6) is 1.53. The van der Waals surface area contributed by atoms with Gasteiger partial charge in [0.05, 0.1) is 12.0 Å².